The van der Waals surface area contributed by atoms with Gasteiger partial charge in [0.25, 0.3) is 0 Å². The normalized spacial score (nSPS) is 10.4. The second-order valence-corrected chi connectivity index (χ2v) is 3.87. The van der Waals surface area contributed by atoms with Crippen LogP contribution in [0.3, 0.4) is 0 Å². The van der Waals surface area contributed by atoms with E-state index in [1.54, 1.807) is 12.1 Å². The molecular weight excluding hydrogens is 258 g/mol. The van der Waals surface area contributed by atoms with Crippen molar-refractivity contribution < 1.29 is 14.0 Å². The lowest BCUT2D eigenvalue weighted by Gasteiger charge is -2.13. The van der Waals surface area contributed by atoms with Gasteiger partial charge in [0.05, 0.1) is 7.11 Å². The minimum atomic E-state index is 0.168. The van der Waals surface area contributed by atoms with Crippen LogP contribution in [0.15, 0.2) is 23.0 Å². The molecule has 0 unspecified atom stereocenters. The Morgan fingerprint density at radius 2 is 2.28 bits per heavy atom. The fourth-order valence-electron chi connectivity index (χ4n) is 1.48. The summed E-state index contributed by atoms with van der Waals surface area (Å²) in [6, 6.07) is 3.39. The zero-order valence-corrected chi connectivity index (χ0v) is 10.5. The predicted molar refractivity (Wildman–Crippen MR) is 64.5 cm³/mol. The van der Waals surface area contributed by atoms with Gasteiger partial charge in [0, 0.05) is 23.2 Å². The van der Waals surface area contributed by atoms with E-state index < -0.39 is 0 Å². The Morgan fingerprint density at radius 1 is 1.44 bits per heavy atom. The highest BCUT2D eigenvalue weighted by Gasteiger charge is 2.13. The Labute approximate surface area is 109 Å². The topological polar surface area (TPSA) is 83.4 Å². The van der Waals surface area contributed by atoms with Gasteiger partial charge in [-0.1, -0.05) is 16.8 Å². The van der Waals surface area contributed by atoms with Gasteiger partial charge in [-0.2, -0.15) is 4.98 Å². The standard InChI is InChI=1S/C11H12ClN3O3/c1-16-9-3-8(12)2-7(4-13)11(9)17-5-10-14-6-18-15-10/h2-3,6H,4-5,13H2,1H3. The third-order valence-electron chi connectivity index (χ3n) is 2.29. The molecule has 1 aromatic heterocycles. The number of rotatable bonds is 5. The van der Waals surface area contributed by atoms with E-state index in [-0.39, 0.29) is 6.61 Å². The number of nitrogens with zero attached hydrogens (tertiary/aromatic N) is 2. The molecule has 96 valence electrons. The van der Waals surface area contributed by atoms with E-state index in [9.17, 15) is 0 Å². The highest BCUT2D eigenvalue weighted by Crippen LogP contribution is 2.34. The largest absolute Gasteiger partial charge is 0.493 e. The van der Waals surface area contributed by atoms with Crippen LogP contribution in [0.2, 0.25) is 5.02 Å². The summed E-state index contributed by atoms with van der Waals surface area (Å²) in [6.07, 6.45) is 1.24. The van der Waals surface area contributed by atoms with Crippen LogP contribution in [0.1, 0.15) is 11.4 Å². The monoisotopic (exact) mass is 269 g/mol. The molecule has 0 saturated heterocycles. The summed E-state index contributed by atoms with van der Waals surface area (Å²) < 4.78 is 15.4. The van der Waals surface area contributed by atoms with Crippen LogP contribution in [-0.2, 0) is 13.2 Å². The van der Waals surface area contributed by atoms with E-state index >= 15 is 0 Å². The predicted octanol–water partition coefficient (Wildman–Crippen LogP) is 1.77. The number of hydrogen-bond acceptors (Lipinski definition) is 6. The van der Waals surface area contributed by atoms with Gasteiger partial charge in [0.15, 0.2) is 18.1 Å². The molecule has 18 heavy (non-hydrogen) atoms. The molecule has 2 rings (SSSR count). The molecule has 0 radical (unpaired) electrons. The molecule has 2 N–H and O–H groups in total. The summed E-state index contributed by atoms with van der Waals surface area (Å²) in [5.74, 6) is 1.50. The van der Waals surface area contributed by atoms with Crippen molar-refractivity contribution >= 4 is 11.6 Å². The number of hydrogen-bond donors (Lipinski definition) is 1. The molecule has 0 spiro atoms. The highest BCUT2D eigenvalue weighted by atomic mass is 35.5. The second-order valence-electron chi connectivity index (χ2n) is 3.44. The van der Waals surface area contributed by atoms with E-state index in [2.05, 4.69) is 14.7 Å². The number of halogens is 1. The lowest BCUT2D eigenvalue weighted by atomic mass is 10.2. The molecule has 0 saturated carbocycles. The van der Waals surface area contributed by atoms with Gasteiger partial charge < -0.3 is 19.7 Å². The van der Waals surface area contributed by atoms with Crippen molar-refractivity contribution in [1.82, 2.24) is 10.1 Å². The molecule has 0 aliphatic rings. The first-order valence-corrected chi connectivity index (χ1v) is 5.57. The van der Waals surface area contributed by atoms with Gasteiger partial charge in [-0.05, 0) is 6.07 Å². The third-order valence-corrected chi connectivity index (χ3v) is 2.51. The summed E-state index contributed by atoms with van der Waals surface area (Å²) in [6.45, 7) is 0.458. The lowest BCUT2D eigenvalue weighted by molar-refractivity contribution is 0.267. The molecule has 0 amide bonds. The molecule has 2 aromatic rings. The van der Waals surface area contributed by atoms with Gasteiger partial charge in [0.1, 0.15) is 0 Å². The fraction of sp³-hybridized carbons (Fsp3) is 0.273. The van der Waals surface area contributed by atoms with E-state index in [0.29, 0.717) is 28.9 Å². The maximum atomic E-state index is 5.95. The molecule has 0 aliphatic heterocycles. The number of ether oxygens (including phenoxy) is 2. The van der Waals surface area contributed by atoms with Crippen LogP contribution in [-0.4, -0.2) is 17.3 Å². The molecule has 1 aromatic carbocycles. The van der Waals surface area contributed by atoms with E-state index in [1.165, 1.54) is 13.5 Å². The SMILES string of the molecule is COc1cc(Cl)cc(CN)c1OCc1ncon1. The Balaban J connectivity index is 2.24. The van der Waals surface area contributed by atoms with Gasteiger partial charge in [-0.15, -0.1) is 0 Å². The summed E-state index contributed by atoms with van der Waals surface area (Å²) in [7, 11) is 1.53. The number of aromatic nitrogens is 2. The smallest absolute Gasteiger partial charge is 0.213 e. The van der Waals surface area contributed by atoms with Crippen molar-refractivity contribution in [2.45, 2.75) is 13.2 Å². The van der Waals surface area contributed by atoms with Crippen molar-refractivity contribution in [2.24, 2.45) is 5.73 Å². The molecule has 0 fully saturated rings. The fourth-order valence-corrected chi connectivity index (χ4v) is 1.71. The van der Waals surface area contributed by atoms with Gasteiger partial charge in [0.2, 0.25) is 12.2 Å². The molecule has 0 bridgehead atoms. The van der Waals surface area contributed by atoms with Crippen molar-refractivity contribution in [2.75, 3.05) is 7.11 Å². The summed E-state index contributed by atoms with van der Waals surface area (Å²) in [5.41, 5.74) is 6.40. The minimum absolute atomic E-state index is 0.168. The Morgan fingerprint density at radius 3 is 2.89 bits per heavy atom. The molecule has 7 heteroatoms. The Hall–Kier alpha value is -1.79. The number of nitrogens with two attached hydrogens (primary N) is 1. The van der Waals surface area contributed by atoms with Crippen LogP contribution in [0.4, 0.5) is 0 Å². The maximum Gasteiger partial charge on any atom is 0.213 e. The first-order valence-electron chi connectivity index (χ1n) is 5.19. The number of methoxy groups -OCH3 is 1. The Bertz CT molecular complexity index is 491. The number of benzene rings is 1. The van der Waals surface area contributed by atoms with Crippen LogP contribution < -0.4 is 15.2 Å². The summed E-state index contributed by atoms with van der Waals surface area (Å²) in [5, 5.41) is 4.19. The average molecular weight is 270 g/mol. The third kappa shape index (κ3) is 2.72. The van der Waals surface area contributed by atoms with Crippen molar-refractivity contribution in [3.63, 3.8) is 0 Å². The van der Waals surface area contributed by atoms with Crippen LogP contribution >= 0.6 is 11.6 Å². The lowest BCUT2D eigenvalue weighted by Crippen LogP contribution is -2.05. The summed E-state index contributed by atoms with van der Waals surface area (Å²) >= 11 is 5.95. The van der Waals surface area contributed by atoms with Crippen molar-refractivity contribution in [1.29, 1.82) is 0 Å². The van der Waals surface area contributed by atoms with Crippen LogP contribution in [0.25, 0.3) is 0 Å². The molecular formula is C11H12ClN3O3. The molecule has 6 nitrogen and oxygen atoms in total. The molecule has 0 atom stereocenters. The van der Waals surface area contributed by atoms with Gasteiger partial charge >= 0.3 is 0 Å². The minimum Gasteiger partial charge on any atom is -0.493 e. The first kappa shape index (κ1) is 12.7. The average Bonchev–Trinajstić information content (AvgIpc) is 2.89. The zero-order chi connectivity index (χ0) is 13.0. The van der Waals surface area contributed by atoms with Crippen LogP contribution in [0, 0.1) is 0 Å². The van der Waals surface area contributed by atoms with E-state index in [1.807, 2.05) is 0 Å². The first-order chi connectivity index (χ1) is 8.74. The van der Waals surface area contributed by atoms with E-state index in [0.717, 1.165) is 5.56 Å². The highest BCUT2D eigenvalue weighted by molar-refractivity contribution is 6.30. The second kappa shape index (κ2) is 5.70. The van der Waals surface area contributed by atoms with Crippen LogP contribution in [0.5, 0.6) is 11.5 Å². The molecule has 0 aliphatic carbocycles. The Kier molecular flexibility index (Phi) is 4.01. The summed E-state index contributed by atoms with van der Waals surface area (Å²) in [4.78, 5) is 3.86. The van der Waals surface area contributed by atoms with Gasteiger partial charge in [-0.3, -0.25) is 0 Å². The molecule has 1 heterocycles. The van der Waals surface area contributed by atoms with Crippen molar-refractivity contribution in [3.8, 4) is 11.5 Å². The van der Waals surface area contributed by atoms with E-state index in [4.69, 9.17) is 26.8 Å². The zero-order valence-electron chi connectivity index (χ0n) is 9.72. The van der Waals surface area contributed by atoms with Gasteiger partial charge in [-0.25, -0.2) is 0 Å². The quantitative estimate of drug-likeness (QED) is 0.891. The maximum absolute atomic E-state index is 5.95. The van der Waals surface area contributed by atoms with Crippen molar-refractivity contribution in [3.05, 3.63) is 34.9 Å².